The maximum atomic E-state index is 12.4. The first kappa shape index (κ1) is 18.9. The highest BCUT2D eigenvalue weighted by atomic mass is 32.2. The summed E-state index contributed by atoms with van der Waals surface area (Å²) in [5.74, 6) is -0.149. The van der Waals surface area contributed by atoms with Crippen LogP contribution in [0.3, 0.4) is 0 Å². The standard InChI is InChI=1S/C17H26N2O4S/c1-19(23-2)24(21,22)16-12-10-14(11-13-16)17(20)18-15-8-6-4-3-5-7-9-15/h10-13,15H,3-9H2,1-2H3,(H,18,20). The van der Waals surface area contributed by atoms with Crippen molar-refractivity contribution in [3.63, 3.8) is 0 Å². The molecule has 1 fully saturated rings. The number of hydrogen-bond acceptors (Lipinski definition) is 4. The number of amides is 1. The fourth-order valence-corrected chi connectivity index (χ4v) is 3.87. The molecule has 1 aliphatic carbocycles. The summed E-state index contributed by atoms with van der Waals surface area (Å²) in [6, 6.07) is 6.14. The third-order valence-electron chi connectivity index (χ3n) is 4.45. The van der Waals surface area contributed by atoms with E-state index in [1.165, 1.54) is 57.7 Å². The van der Waals surface area contributed by atoms with Crippen molar-refractivity contribution in [3.8, 4) is 0 Å². The van der Waals surface area contributed by atoms with Gasteiger partial charge in [0.15, 0.2) is 0 Å². The molecule has 1 aromatic carbocycles. The summed E-state index contributed by atoms with van der Waals surface area (Å²) in [4.78, 5) is 17.2. The number of nitrogens with zero attached hydrogens (tertiary/aromatic N) is 1. The third kappa shape index (κ3) is 4.78. The fourth-order valence-electron chi connectivity index (χ4n) is 2.89. The molecule has 1 aromatic rings. The SMILES string of the molecule is CON(C)S(=O)(=O)c1ccc(C(=O)NC2CCCCCCC2)cc1. The predicted molar refractivity (Wildman–Crippen MR) is 92.0 cm³/mol. The van der Waals surface area contributed by atoms with E-state index in [1.54, 1.807) is 0 Å². The van der Waals surface area contributed by atoms with Gasteiger partial charge in [0.25, 0.3) is 15.9 Å². The van der Waals surface area contributed by atoms with Gasteiger partial charge in [0.05, 0.1) is 12.0 Å². The molecule has 24 heavy (non-hydrogen) atoms. The first-order valence-corrected chi connectivity index (χ1v) is 9.83. The largest absolute Gasteiger partial charge is 0.349 e. The van der Waals surface area contributed by atoms with Crippen molar-refractivity contribution in [1.82, 2.24) is 9.79 Å². The van der Waals surface area contributed by atoms with Gasteiger partial charge in [-0.15, -0.1) is 0 Å². The van der Waals surface area contributed by atoms with Gasteiger partial charge in [-0.25, -0.2) is 8.42 Å². The van der Waals surface area contributed by atoms with Gasteiger partial charge in [0.2, 0.25) is 0 Å². The molecule has 6 nitrogen and oxygen atoms in total. The van der Waals surface area contributed by atoms with Gasteiger partial charge in [-0.3, -0.25) is 9.63 Å². The minimum absolute atomic E-state index is 0.0920. The van der Waals surface area contributed by atoms with Crippen LogP contribution in [-0.2, 0) is 14.9 Å². The fraction of sp³-hybridized carbons (Fsp3) is 0.588. The van der Waals surface area contributed by atoms with E-state index in [0.717, 1.165) is 30.2 Å². The molecule has 0 atom stereocenters. The van der Waals surface area contributed by atoms with Gasteiger partial charge >= 0.3 is 0 Å². The van der Waals surface area contributed by atoms with E-state index in [2.05, 4.69) is 5.32 Å². The molecule has 0 aliphatic heterocycles. The van der Waals surface area contributed by atoms with Gasteiger partial charge in [-0.05, 0) is 37.1 Å². The number of carbonyl (C=O) groups is 1. The zero-order valence-corrected chi connectivity index (χ0v) is 15.1. The van der Waals surface area contributed by atoms with E-state index in [-0.39, 0.29) is 16.8 Å². The topological polar surface area (TPSA) is 75.7 Å². The van der Waals surface area contributed by atoms with Gasteiger partial charge in [-0.1, -0.05) is 36.6 Å². The van der Waals surface area contributed by atoms with Crippen molar-refractivity contribution >= 4 is 15.9 Å². The number of benzene rings is 1. The van der Waals surface area contributed by atoms with Crippen molar-refractivity contribution in [2.75, 3.05) is 14.2 Å². The van der Waals surface area contributed by atoms with Crippen LogP contribution in [0.5, 0.6) is 0 Å². The van der Waals surface area contributed by atoms with Crippen LogP contribution in [-0.4, -0.2) is 39.0 Å². The predicted octanol–water partition coefficient (Wildman–Crippen LogP) is 2.71. The lowest BCUT2D eigenvalue weighted by molar-refractivity contribution is -0.0258. The lowest BCUT2D eigenvalue weighted by Crippen LogP contribution is -2.35. The van der Waals surface area contributed by atoms with Gasteiger partial charge in [-0.2, -0.15) is 0 Å². The van der Waals surface area contributed by atoms with Crippen LogP contribution in [0, 0.1) is 0 Å². The van der Waals surface area contributed by atoms with Crippen LogP contribution < -0.4 is 5.32 Å². The molecule has 0 unspecified atom stereocenters. The smallest absolute Gasteiger partial charge is 0.264 e. The Balaban J connectivity index is 2.03. The second-order valence-corrected chi connectivity index (χ2v) is 8.07. The lowest BCUT2D eigenvalue weighted by Gasteiger charge is -2.21. The molecular weight excluding hydrogens is 328 g/mol. The van der Waals surface area contributed by atoms with Crippen LogP contribution in [0.25, 0.3) is 0 Å². The molecule has 1 aliphatic rings. The molecule has 1 N–H and O–H groups in total. The summed E-state index contributed by atoms with van der Waals surface area (Å²) in [7, 11) is -1.08. The highest BCUT2D eigenvalue weighted by Crippen LogP contribution is 2.18. The average Bonchev–Trinajstić information content (AvgIpc) is 2.56. The Hall–Kier alpha value is -1.44. The van der Waals surface area contributed by atoms with E-state index < -0.39 is 10.0 Å². The van der Waals surface area contributed by atoms with Crippen LogP contribution in [0.1, 0.15) is 55.3 Å². The second kappa shape index (κ2) is 8.60. The number of hydroxylamine groups is 1. The molecule has 0 spiro atoms. The minimum Gasteiger partial charge on any atom is -0.349 e. The van der Waals surface area contributed by atoms with Crippen LogP contribution in [0.15, 0.2) is 29.2 Å². The Labute approximate surface area is 144 Å². The van der Waals surface area contributed by atoms with Crippen molar-refractivity contribution < 1.29 is 18.0 Å². The zero-order chi connectivity index (χ0) is 17.6. The molecule has 2 rings (SSSR count). The molecule has 0 heterocycles. The lowest BCUT2D eigenvalue weighted by atomic mass is 9.96. The van der Waals surface area contributed by atoms with E-state index in [4.69, 9.17) is 4.84 Å². The van der Waals surface area contributed by atoms with E-state index >= 15 is 0 Å². The Morgan fingerprint density at radius 3 is 2.17 bits per heavy atom. The number of hydrogen-bond donors (Lipinski definition) is 1. The Bertz CT molecular complexity index is 635. The Kier molecular flexibility index (Phi) is 6.77. The zero-order valence-electron chi connectivity index (χ0n) is 14.3. The highest BCUT2D eigenvalue weighted by Gasteiger charge is 2.21. The average molecular weight is 354 g/mol. The molecule has 1 saturated carbocycles. The van der Waals surface area contributed by atoms with Gasteiger partial charge in [0, 0.05) is 18.7 Å². The Morgan fingerprint density at radius 2 is 1.62 bits per heavy atom. The first-order valence-electron chi connectivity index (χ1n) is 8.39. The third-order valence-corrected chi connectivity index (χ3v) is 6.14. The van der Waals surface area contributed by atoms with Crippen LogP contribution >= 0.6 is 0 Å². The van der Waals surface area contributed by atoms with E-state index in [1.807, 2.05) is 0 Å². The first-order chi connectivity index (χ1) is 11.4. The minimum atomic E-state index is -3.69. The summed E-state index contributed by atoms with van der Waals surface area (Å²) in [6.07, 6.45) is 8.05. The molecule has 0 radical (unpaired) electrons. The van der Waals surface area contributed by atoms with Gasteiger partial charge < -0.3 is 5.32 Å². The molecular formula is C17H26N2O4S. The summed E-state index contributed by atoms with van der Waals surface area (Å²) in [5, 5.41) is 3.07. The van der Waals surface area contributed by atoms with E-state index in [9.17, 15) is 13.2 Å². The van der Waals surface area contributed by atoms with Crippen LogP contribution in [0.2, 0.25) is 0 Å². The Morgan fingerprint density at radius 1 is 1.08 bits per heavy atom. The summed E-state index contributed by atoms with van der Waals surface area (Å²) in [5.41, 5.74) is 0.469. The molecule has 1 amide bonds. The number of rotatable bonds is 5. The number of nitrogens with one attached hydrogen (secondary N) is 1. The summed E-state index contributed by atoms with van der Waals surface area (Å²) >= 11 is 0. The maximum Gasteiger partial charge on any atom is 0.264 e. The normalized spacial score (nSPS) is 17.3. The number of sulfonamides is 1. The van der Waals surface area contributed by atoms with Crippen molar-refractivity contribution in [2.45, 2.75) is 55.9 Å². The van der Waals surface area contributed by atoms with Crippen LogP contribution in [0.4, 0.5) is 0 Å². The highest BCUT2D eigenvalue weighted by molar-refractivity contribution is 7.89. The summed E-state index contributed by atoms with van der Waals surface area (Å²) in [6.45, 7) is 0. The molecule has 134 valence electrons. The maximum absolute atomic E-state index is 12.4. The molecule has 0 aromatic heterocycles. The molecule has 7 heteroatoms. The monoisotopic (exact) mass is 354 g/mol. The van der Waals surface area contributed by atoms with Crippen molar-refractivity contribution in [1.29, 1.82) is 0 Å². The summed E-state index contributed by atoms with van der Waals surface area (Å²) < 4.78 is 25.1. The van der Waals surface area contributed by atoms with Crippen molar-refractivity contribution in [3.05, 3.63) is 29.8 Å². The quantitative estimate of drug-likeness (QED) is 0.825. The van der Waals surface area contributed by atoms with Gasteiger partial charge in [0.1, 0.15) is 0 Å². The number of carbonyl (C=O) groups excluding carboxylic acids is 1. The second-order valence-electron chi connectivity index (χ2n) is 6.14. The van der Waals surface area contributed by atoms with Crippen molar-refractivity contribution in [2.24, 2.45) is 0 Å². The van der Waals surface area contributed by atoms with E-state index in [0.29, 0.717) is 5.56 Å². The molecule has 0 bridgehead atoms. The molecule has 0 saturated heterocycles.